The number of methoxy groups -OCH3 is 2. The van der Waals surface area contributed by atoms with Gasteiger partial charge in [-0.25, -0.2) is 0 Å². The molecule has 0 bridgehead atoms. The van der Waals surface area contributed by atoms with Crippen LogP contribution in [0.1, 0.15) is 11.1 Å². The second-order valence-electron chi connectivity index (χ2n) is 6.37. The highest BCUT2D eigenvalue weighted by Crippen LogP contribution is 2.37. The van der Waals surface area contributed by atoms with E-state index in [1.165, 1.54) is 26.4 Å². The molecule has 8 nitrogen and oxygen atoms in total. The van der Waals surface area contributed by atoms with Gasteiger partial charge in [-0.3, -0.25) is 9.59 Å². The van der Waals surface area contributed by atoms with Crippen molar-refractivity contribution in [3.05, 3.63) is 47.5 Å². The average molecular weight is 388 g/mol. The van der Waals surface area contributed by atoms with Crippen LogP contribution in [0.3, 0.4) is 0 Å². The maximum Gasteiger partial charge on any atom is 0.322 e. The highest BCUT2D eigenvalue weighted by atomic mass is 16.5. The fraction of sp³-hybridized carbons (Fsp3) is 0.300. The number of carbonyl (C=O) groups excluding carboxylic acids is 2. The van der Waals surface area contributed by atoms with E-state index < -0.39 is 24.0 Å². The monoisotopic (exact) mass is 388 g/mol. The number of phenols is 2. The second-order valence-corrected chi connectivity index (χ2v) is 6.37. The van der Waals surface area contributed by atoms with Gasteiger partial charge in [-0.05, 0) is 48.2 Å². The predicted octanol–water partition coefficient (Wildman–Crippen LogP) is 0.850. The predicted molar refractivity (Wildman–Crippen MR) is 103 cm³/mol. The van der Waals surface area contributed by atoms with Crippen LogP contribution < -0.4 is 11.5 Å². The van der Waals surface area contributed by atoms with Crippen molar-refractivity contribution in [1.82, 2.24) is 0 Å². The van der Waals surface area contributed by atoms with Crippen molar-refractivity contribution < 1.29 is 29.3 Å². The molecule has 0 heterocycles. The van der Waals surface area contributed by atoms with Gasteiger partial charge in [-0.2, -0.15) is 0 Å². The summed E-state index contributed by atoms with van der Waals surface area (Å²) in [6, 6.07) is 7.77. The molecule has 2 aromatic carbocycles. The van der Waals surface area contributed by atoms with Gasteiger partial charge >= 0.3 is 11.9 Å². The first-order chi connectivity index (χ1) is 13.3. The molecule has 0 aromatic heterocycles. The van der Waals surface area contributed by atoms with Gasteiger partial charge in [-0.15, -0.1) is 0 Å². The standard InChI is InChI=1S/C20H24N2O6/c1-27-19(25)15(21)9-11-3-5-17(23)13(7-11)14-8-12(4-6-18(14)24)10-16(22)20(26)28-2/h3-8,15-16,23-24H,9-10,21-22H2,1-2H3/t15-,16+. The Hall–Kier alpha value is -3.10. The SMILES string of the molecule is COC(=O)[C@H](N)Cc1ccc(O)c(-c2cc(C[C@H](N)C(=O)OC)ccc2O)c1. The topological polar surface area (TPSA) is 145 Å². The Morgan fingerprint density at radius 2 is 1.18 bits per heavy atom. The van der Waals surface area contributed by atoms with Crippen molar-refractivity contribution in [2.45, 2.75) is 24.9 Å². The van der Waals surface area contributed by atoms with Gasteiger partial charge in [0, 0.05) is 11.1 Å². The number of carbonyl (C=O) groups is 2. The van der Waals surface area contributed by atoms with Crippen LogP contribution in [0.2, 0.25) is 0 Å². The first-order valence-corrected chi connectivity index (χ1v) is 8.57. The van der Waals surface area contributed by atoms with Crippen molar-refractivity contribution in [2.24, 2.45) is 11.5 Å². The van der Waals surface area contributed by atoms with E-state index >= 15 is 0 Å². The number of benzene rings is 2. The lowest BCUT2D eigenvalue weighted by Crippen LogP contribution is -2.33. The van der Waals surface area contributed by atoms with Gasteiger partial charge in [0.25, 0.3) is 0 Å². The third kappa shape index (κ3) is 4.99. The van der Waals surface area contributed by atoms with Crippen LogP contribution in [-0.4, -0.2) is 48.5 Å². The first-order valence-electron chi connectivity index (χ1n) is 8.57. The molecule has 0 aliphatic rings. The lowest BCUT2D eigenvalue weighted by atomic mass is 9.95. The van der Waals surface area contributed by atoms with E-state index in [-0.39, 0.29) is 24.3 Å². The normalized spacial score (nSPS) is 12.9. The quantitative estimate of drug-likeness (QED) is 0.511. The molecular formula is C20H24N2O6. The summed E-state index contributed by atoms with van der Waals surface area (Å²) in [6.45, 7) is 0. The number of hydrogen-bond donors (Lipinski definition) is 4. The van der Waals surface area contributed by atoms with Crippen LogP contribution >= 0.6 is 0 Å². The number of esters is 2. The smallest absolute Gasteiger partial charge is 0.322 e. The minimum absolute atomic E-state index is 0.0555. The number of aromatic hydroxyl groups is 2. The van der Waals surface area contributed by atoms with Crippen molar-refractivity contribution in [1.29, 1.82) is 0 Å². The Morgan fingerprint density at radius 1 is 0.821 bits per heavy atom. The summed E-state index contributed by atoms with van der Waals surface area (Å²) in [5, 5.41) is 20.5. The molecule has 150 valence electrons. The molecule has 0 saturated heterocycles. The summed E-state index contributed by atoms with van der Waals surface area (Å²) < 4.78 is 9.24. The third-order valence-electron chi connectivity index (χ3n) is 4.33. The largest absolute Gasteiger partial charge is 0.507 e. The molecule has 0 radical (unpaired) electrons. The minimum atomic E-state index is -0.847. The number of phenolic OH excluding ortho intramolecular Hbond substituents is 2. The Morgan fingerprint density at radius 3 is 1.50 bits per heavy atom. The molecule has 0 amide bonds. The zero-order valence-corrected chi connectivity index (χ0v) is 15.7. The number of rotatable bonds is 7. The van der Waals surface area contributed by atoms with E-state index in [2.05, 4.69) is 9.47 Å². The van der Waals surface area contributed by atoms with E-state index in [0.717, 1.165) is 0 Å². The molecule has 8 heteroatoms. The van der Waals surface area contributed by atoms with Gasteiger partial charge in [0.1, 0.15) is 23.6 Å². The summed E-state index contributed by atoms with van der Waals surface area (Å²) in [5.41, 5.74) is 13.7. The fourth-order valence-electron chi connectivity index (χ4n) is 2.83. The van der Waals surface area contributed by atoms with E-state index in [0.29, 0.717) is 22.3 Å². The zero-order chi connectivity index (χ0) is 20.8. The Balaban J connectivity index is 2.35. The van der Waals surface area contributed by atoms with E-state index in [4.69, 9.17) is 11.5 Å². The van der Waals surface area contributed by atoms with Gasteiger partial charge in [0.2, 0.25) is 0 Å². The Labute approximate surface area is 162 Å². The average Bonchev–Trinajstić information content (AvgIpc) is 2.69. The summed E-state index contributed by atoms with van der Waals surface area (Å²) in [5.74, 6) is -1.20. The Bertz CT molecular complexity index is 796. The molecule has 28 heavy (non-hydrogen) atoms. The van der Waals surface area contributed by atoms with Crippen LogP contribution in [-0.2, 0) is 31.9 Å². The molecule has 0 unspecified atom stereocenters. The van der Waals surface area contributed by atoms with Gasteiger partial charge in [0.05, 0.1) is 14.2 Å². The van der Waals surface area contributed by atoms with E-state index in [9.17, 15) is 19.8 Å². The van der Waals surface area contributed by atoms with Crippen molar-refractivity contribution in [3.8, 4) is 22.6 Å². The van der Waals surface area contributed by atoms with Crippen LogP contribution in [0.4, 0.5) is 0 Å². The summed E-state index contributed by atoms with van der Waals surface area (Å²) in [4.78, 5) is 23.1. The molecule has 0 spiro atoms. The van der Waals surface area contributed by atoms with Crippen molar-refractivity contribution in [2.75, 3.05) is 14.2 Å². The summed E-state index contributed by atoms with van der Waals surface area (Å²) in [7, 11) is 2.51. The summed E-state index contributed by atoms with van der Waals surface area (Å²) in [6.07, 6.45) is 0.404. The Kier molecular flexibility index (Phi) is 6.97. The van der Waals surface area contributed by atoms with Crippen LogP contribution in [0.5, 0.6) is 11.5 Å². The number of hydrogen-bond acceptors (Lipinski definition) is 8. The first kappa shape index (κ1) is 21.2. The zero-order valence-electron chi connectivity index (χ0n) is 15.7. The molecule has 0 saturated carbocycles. The van der Waals surface area contributed by atoms with Crippen molar-refractivity contribution in [3.63, 3.8) is 0 Å². The van der Waals surface area contributed by atoms with Crippen LogP contribution in [0.15, 0.2) is 36.4 Å². The maximum absolute atomic E-state index is 11.5. The van der Waals surface area contributed by atoms with Gasteiger partial charge in [0.15, 0.2) is 0 Å². The molecular weight excluding hydrogens is 364 g/mol. The molecule has 2 aromatic rings. The molecule has 0 aliphatic carbocycles. The lowest BCUT2D eigenvalue weighted by molar-refractivity contribution is -0.142. The number of ether oxygens (including phenoxy) is 2. The van der Waals surface area contributed by atoms with E-state index in [1.54, 1.807) is 24.3 Å². The molecule has 0 aliphatic heterocycles. The minimum Gasteiger partial charge on any atom is -0.507 e. The fourth-order valence-corrected chi connectivity index (χ4v) is 2.83. The molecule has 2 rings (SSSR count). The molecule has 2 atom stereocenters. The van der Waals surface area contributed by atoms with Gasteiger partial charge < -0.3 is 31.2 Å². The lowest BCUT2D eigenvalue weighted by Gasteiger charge is -2.14. The van der Waals surface area contributed by atoms with Crippen LogP contribution in [0, 0.1) is 0 Å². The summed E-state index contributed by atoms with van der Waals surface area (Å²) >= 11 is 0. The highest BCUT2D eigenvalue weighted by Gasteiger charge is 2.18. The maximum atomic E-state index is 11.5. The number of nitrogens with two attached hydrogens (primary N) is 2. The van der Waals surface area contributed by atoms with Gasteiger partial charge in [-0.1, -0.05) is 12.1 Å². The van der Waals surface area contributed by atoms with Crippen molar-refractivity contribution >= 4 is 11.9 Å². The molecule has 6 N–H and O–H groups in total. The van der Waals surface area contributed by atoms with Crippen LogP contribution in [0.25, 0.3) is 11.1 Å². The highest BCUT2D eigenvalue weighted by molar-refractivity contribution is 5.79. The molecule has 0 fully saturated rings. The van der Waals surface area contributed by atoms with E-state index in [1.807, 2.05) is 0 Å². The second kappa shape index (κ2) is 9.20. The third-order valence-corrected chi connectivity index (χ3v) is 4.33.